The lowest BCUT2D eigenvalue weighted by Gasteiger charge is -2.27. The minimum absolute atomic E-state index is 0.490. The molecule has 0 amide bonds. The van der Waals surface area contributed by atoms with Gasteiger partial charge in [-0.25, -0.2) is 0 Å². The van der Waals surface area contributed by atoms with Crippen molar-refractivity contribution in [3.63, 3.8) is 0 Å². The summed E-state index contributed by atoms with van der Waals surface area (Å²) >= 11 is 0. The maximum absolute atomic E-state index is 11.7. The first-order valence-corrected chi connectivity index (χ1v) is 5.31. The fourth-order valence-electron chi connectivity index (χ4n) is 1.32. The molecule has 0 rings (SSSR count). The summed E-state index contributed by atoms with van der Waals surface area (Å²) in [5, 5.41) is 0. The highest BCUT2D eigenvalue weighted by Crippen LogP contribution is 2.31. The standard InChI is InChI=1S/C12H18O6/c1-8(6-7-18-9(2)13)12(3,10(14)16-4)11(15)17-5/h6-8H,1-5H3/b7-6-/t8-/m0/s1. The van der Waals surface area contributed by atoms with Crippen molar-refractivity contribution in [3.8, 4) is 0 Å². The van der Waals surface area contributed by atoms with Crippen molar-refractivity contribution in [1.29, 1.82) is 0 Å². The van der Waals surface area contributed by atoms with Gasteiger partial charge in [0.25, 0.3) is 0 Å². The van der Waals surface area contributed by atoms with Crippen LogP contribution in [0.4, 0.5) is 0 Å². The van der Waals surface area contributed by atoms with E-state index in [-0.39, 0.29) is 0 Å². The fourth-order valence-corrected chi connectivity index (χ4v) is 1.32. The predicted molar refractivity (Wildman–Crippen MR) is 62.2 cm³/mol. The van der Waals surface area contributed by atoms with Gasteiger partial charge < -0.3 is 14.2 Å². The van der Waals surface area contributed by atoms with E-state index in [2.05, 4.69) is 14.2 Å². The van der Waals surface area contributed by atoms with E-state index in [1.54, 1.807) is 6.92 Å². The van der Waals surface area contributed by atoms with Crippen LogP contribution in [0.5, 0.6) is 0 Å². The molecular formula is C12H18O6. The Morgan fingerprint density at radius 2 is 1.56 bits per heavy atom. The number of carbonyl (C=O) groups is 3. The summed E-state index contributed by atoms with van der Waals surface area (Å²) in [5.74, 6) is -2.48. The third-order valence-corrected chi connectivity index (χ3v) is 2.73. The molecule has 1 atom stereocenters. The van der Waals surface area contributed by atoms with Crippen LogP contribution in [0.1, 0.15) is 20.8 Å². The van der Waals surface area contributed by atoms with Crippen LogP contribution in [0.2, 0.25) is 0 Å². The van der Waals surface area contributed by atoms with Crippen LogP contribution >= 0.6 is 0 Å². The molecule has 0 aliphatic carbocycles. The largest absolute Gasteiger partial charge is 0.468 e. The molecular weight excluding hydrogens is 240 g/mol. The third-order valence-electron chi connectivity index (χ3n) is 2.73. The zero-order valence-corrected chi connectivity index (χ0v) is 11.2. The first-order chi connectivity index (χ1) is 8.30. The average molecular weight is 258 g/mol. The van der Waals surface area contributed by atoms with Crippen molar-refractivity contribution in [2.24, 2.45) is 11.3 Å². The van der Waals surface area contributed by atoms with E-state index < -0.39 is 29.2 Å². The van der Waals surface area contributed by atoms with Gasteiger partial charge in [0.15, 0.2) is 5.41 Å². The number of ether oxygens (including phenoxy) is 3. The lowest BCUT2D eigenvalue weighted by Crippen LogP contribution is -2.43. The molecule has 6 nitrogen and oxygen atoms in total. The lowest BCUT2D eigenvalue weighted by atomic mass is 9.78. The molecule has 0 saturated heterocycles. The molecule has 0 aliphatic heterocycles. The number of allylic oxidation sites excluding steroid dienone is 1. The Hall–Kier alpha value is -1.85. The Balaban J connectivity index is 5.09. The molecule has 0 N–H and O–H groups in total. The fraction of sp³-hybridized carbons (Fsp3) is 0.583. The van der Waals surface area contributed by atoms with E-state index in [1.165, 1.54) is 34.1 Å². The zero-order valence-electron chi connectivity index (χ0n) is 11.2. The van der Waals surface area contributed by atoms with E-state index in [0.29, 0.717) is 0 Å². The quantitative estimate of drug-likeness (QED) is 0.317. The minimum atomic E-state index is -1.49. The first kappa shape index (κ1) is 16.1. The topological polar surface area (TPSA) is 78.9 Å². The molecule has 0 aromatic heterocycles. The van der Waals surface area contributed by atoms with Crippen LogP contribution in [0.3, 0.4) is 0 Å². The van der Waals surface area contributed by atoms with Gasteiger partial charge >= 0.3 is 17.9 Å². The summed E-state index contributed by atoms with van der Waals surface area (Å²) < 4.78 is 13.8. The van der Waals surface area contributed by atoms with Crippen molar-refractivity contribution in [2.45, 2.75) is 20.8 Å². The van der Waals surface area contributed by atoms with Gasteiger partial charge in [-0.05, 0) is 13.0 Å². The summed E-state index contributed by atoms with van der Waals surface area (Å²) in [6, 6.07) is 0. The third kappa shape index (κ3) is 3.58. The molecule has 0 bridgehead atoms. The zero-order chi connectivity index (χ0) is 14.3. The summed E-state index contributed by atoms with van der Waals surface area (Å²) in [4.78, 5) is 34.0. The monoisotopic (exact) mass is 258 g/mol. The van der Waals surface area contributed by atoms with Gasteiger partial charge in [0.2, 0.25) is 0 Å². The molecule has 0 aromatic rings. The normalized spacial score (nSPS) is 12.9. The second-order valence-electron chi connectivity index (χ2n) is 3.91. The Labute approximate surface area is 106 Å². The van der Waals surface area contributed by atoms with Crippen molar-refractivity contribution < 1.29 is 28.6 Å². The van der Waals surface area contributed by atoms with Crippen LogP contribution in [0.15, 0.2) is 12.3 Å². The molecule has 0 unspecified atom stereocenters. The van der Waals surface area contributed by atoms with Gasteiger partial charge in [0.05, 0.1) is 20.5 Å². The number of rotatable bonds is 5. The van der Waals surface area contributed by atoms with E-state index in [0.717, 1.165) is 6.26 Å². The van der Waals surface area contributed by atoms with Crippen LogP contribution in [0.25, 0.3) is 0 Å². The molecule has 0 spiro atoms. The SMILES string of the molecule is COC(=O)C(C)(C(=O)OC)[C@@H](C)/C=C\OC(C)=O. The van der Waals surface area contributed by atoms with Crippen molar-refractivity contribution in [1.82, 2.24) is 0 Å². The maximum Gasteiger partial charge on any atom is 0.323 e. The van der Waals surface area contributed by atoms with Gasteiger partial charge in [-0.3, -0.25) is 14.4 Å². The maximum atomic E-state index is 11.7. The molecule has 6 heteroatoms. The van der Waals surface area contributed by atoms with Crippen LogP contribution in [-0.2, 0) is 28.6 Å². The predicted octanol–water partition coefficient (Wildman–Crippen LogP) is 1.05. The molecule has 0 radical (unpaired) electrons. The van der Waals surface area contributed by atoms with E-state index in [9.17, 15) is 14.4 Å². The van der Waals surface area contributed by atoms with Gasteiger partial charge in [0.1, 0.15) is 0 Å². The average Bonchev–Trinajstić information content (AvgIpc) is 2.34. The van der Waals surface area contributed by atoms with Crippen molar-refractivity contribution >= 4 is 17.9 Å². The number of carbonyl (C=O) groups excluding carboxylic acids is 3. The smallest absolute Gasteiger partial charge is 0.323 e. The molecule has 18 heavy (non-hydrogen) atoms. The second-order valence-corrected chi connectivity index (χ2v) is 3.91. The highest BCUT2D eigenvalue weighted by molar-refractivity contribution is 6.00. The van der Waals surface area contributed by atoms with Crippen LogP contribution in [-0.4, -0.2) is 32.1 Å². The minimum Gasteiger partial charge on any atom is -0.468 e. The molecule has 0 saturated carbocycles. The Bertz CT molecular complexity index is 342. The number of hydrogen-bond acceptors (Lipinski definition) is 6. The summed E-state index contributed by atoms with van der Waals surface area (Å²) in [5.41, 5.74) is -1.49. The van der Waals surface area contributed by atoms with E-state index >= 15 is 0 Å². The van der Waals surface area contributed by atoms with Gasteiger partial charge in [0, 0.05) is 12.8 Å². The van der Waals surface area contributed by atoms with Crippen LogP contribution in [0, 0.1) is 11.3 Å². The highest BCUT2D eigenvalue weighted by Gasteiger charge is 2.47. The number of esters is 3. The Morgan fingerprint density at radius 3 is 1.89 bits per heavy atom. The van der Waals surface area contributed by atoms with Crippen molar-refractivity contribution in [2.75, 3.05) is 14.2 Å². The van der Waals surface area contributed by atoms with Crippen molar-refractivity contribution in [3.05, 3.63) is 12.3 Å². The Morgan fingerprint density at radius 1 is 1.11 bits per heavy atom. The van der Waals surface area contributed by atoms with Gasteiger partial charge in [-0.1, -0.05) is 6.92 Å². The summed E-state index contributed by atoms with van der Waals surface area (Å²) in [6.07, 6.45) is 2.56. The lowest BCUT2D eigenvalue weighted by molar-refractivity contribution is -0.170. The van der Waals surface area contributed by atoms with Crippen LogP contribution < -0.4 is 0 Å². The molecule has 102 valence electrons. The van der Waals surface area contributed by atoms with Gasteiger partial charge in [-0.15, -0.1) is 0 Å². The highest BCUT2D eigenvalue weighted by atomic mass is 16.5. The first-order valence-electron chi connectivity index (χ1n) is 5.31. The number of hydrogen-bond donors (Lipinski definition) is 0. The Kier molecular flexibility index (Phi) is 6.08. The van der Waals surface area contributed by atoms with E-state index in [1.807, 2.05) is 0 Å². The summed E-state index contributed by atoms with van der Waals surface area (Å²) in [6.45, 7) is 4.27. The van der Waals surface area contributed by atoms with Gasteiger partial charge in [-0.2, -0.15) is 0 Å². The second kappa shape index (κ2) is 6.78. The molecule has 0 heterocycles. The molecule has 0 aliphatic rings. The molecule has 0 fully saturated rings. The molecule has 0 aromatic carbocycles. The number of methoxy groups -OCH3 is 2. The summed E-state index contributed by atoms with van der Waals surface area (Å²) in [7, 11) is 2.37. The van der Waals surface area contributed by atoms with E-state index in [4.69, 9.17) is 0 Å².